The SMILES string of the molecule is CCCC1(c2ccccc2)C=CC(c2cccc(F)c2F)C=C1. The first-order valence-corrected chi connectivity index (χ1v) is 8.04. The molecule has 0 saturated heterocycles. The molecule has 0 saturated carbocycles. The summed E-state index contributed by atoms with van der Waals surface area (Å²) >= 11 is 0. The van der Waals surface area contributed by atoms with E-state index in [0.29, 0.717) is 5.56 Å². The van der Waals surface area contributed by atoms with Gasteiger partial charge in [0.25, 0.3) is 0 Å². The van der Waals surface area contributed by atoms with Crippen molar-refractivity contribution in [3.05, 3.63) is 95.6 Å². The molecule has 0 N–H and O–H groups in total. The van der Waals surface area contributed by atoms with Crippen LogP contribution in [0, 0.1) is 11.6 Å². The molecule has 2 aromatic rings. The third kappa shape index (κ3) is 2.98. The quantitative estimate of drug-likeness (QED) is 0.616. The number of allylic oxidation sites excluding steroid dienone is 4. The Morgan fingerprint density at radius 1 is 0.913 bits per heavy atom. The zero-order chi connectivity index (χ0) is 16.3. The third-order valence-corrected chi connectivity index (χ3v) is 4.52. The highest BCUT2D eigenvalue weighted by Crippen LogP contribution is 2.39. The summed E-state index contributed by atoms with van der Waals surface area (Å²) in [6.45, 7) is 2.16. The van der Waals surface area contributed by atoms with E-state index in [1.165, 1.54) is 5.56 Å². The maximum absolute atomic E-state index is 14.0. The molecule has 0 aliphatic heterocycles. The van der Waals surface area contributed by atoms with E-state index in [0.717, 1.165) is 18.9 Å². The number of benzene rings is 2. The normalized spacial score (nSPS) is 23.2. The molecule has 1 aliphatic carbocycles. The minimum Gasteiger partial charge on any atom is -0.204 e. The van der Waals surface area contributed by atoms with Crippen molar-refractivity contribution in [1.29, 1.82) is 0 Å². The van der Waals surface area contributed by atoms with Crippen molar-refractivity contribution < 1.29 is 8.78 Å². The fourth-order valence-corrected chi connectivity index (χ4v) is 3.32. The second-order valence-corrected chi connectivity index (χ2v) is 6.04. The fourth-order valence-electron chi connectivity index (χ4n) is 3.32. The van der Waals surface area contributed by atoms with E-state index in [4.69, 9.17) is 0 Å². The molecule has 0 atom stereocenters. The van der Waals surface area contributed by atoms with Crippen LogP contribution in [0.1, 0.15) is 36.8 Å². The van der Waals surface area contributed by atoms with Crippen molar-refractivity contribution in [3.63, 3.8) is 0 Å². The van der Waals surface area contributed by atoms with Crippen LogP contribution in [-0.4, -0.2) is 0 Å². The highest BCUT2D eigenvalue weighted by molar-refractivity contribution is 5.43. The van der Waals surface area contributed by atoms with Gasteiger partial charge >= 0.3 is 0 Å². The lowest BCUT2D eigenvalue weighted by Crippen LogP contribution is -2.23. The van der Waals surface area contributed by atoms with Gasteiger partial charge in [-0.1, -0.05) is 80.1 Å². The molecule has 0 spiro atoms. The summed E-state index contributed by atoms with van der Waals surface area (Å²) < 4.78 is 27.5. The molecule has 0 nitrogen and oxygen atoms in total. The van der Waals surface area contributed by atoms with Crippen LogP contribution in [0.15, 0.2) is 72.8 Å². The van der Waals surface area contributed by atoms with Gasteiger partial charge in [-0.25, -0.2) is 8.78 Å². The van der Waals surface area contributed by atoms with Gasteiger partial charge in [0.2, 0.25) is 0 Å². The lowest BCUT2D eigenvalue weighted by Gasteiger charge is -2.32. The number of hydrogen-bond acceptors (Lipinski definition) is 0. The van der Waals surface area contributed by atoms with Gasteiger partial charge in [-0.05, 0) is 18.1 Å². The van der Waals surface area contributed by atoms with Gasteiger partial charge in [0.05, 0.1) is 0 Å². The first-order valence-electron chi connectivity index (χ1n) is 8.04. The second-order valence-electron chi connectivity index (χ2n) is 6.04. The molecular weight excluding hydrogens is 290 g/mol. The third-order valence-electron chi connectivity index (χ3n) is 4.52. The van der Waals surface area contributed by atoms with Crippen LogP contribution in [0.25, 0.3) is 0 Å². The van der Waals surface area contributed by atoms with E-state index in [1.807, 2.05) is 30.4 Å². The molecule has 0 heterocycles. The fraction of sp³-hybridized carbons (Fsp3) is 0.238. The molecule has 3 rings (SSSR count). The summed E-state index contributed by atoms with van der Waals surface area (Å²) in [5, 5.41) is 0. The molecule has 0 amide bonds. The van der Waals surface area contributed by atoms with Crippen LogP contribution in [-0.2, 0) is 5.41 Å². The maximum atomic E-state index is 14.0. The molecule has 0 fully saturated rings. The monoisotopic (exact) mass is 310 g/mol. The zero-order valence-electron chi connectivity index (χ0n) is 13.2. The Balaban J connectivity index is 1.95. The highest BCUT2D eigenvalue weighted by atomic mass is 19.2. The van der Waals surface area contributed by atoms with Crippen molar-refractivity contribution in [2.75, 3.05) is 0 Å². The molecule has 118 valence electrons. The highest BCUT2D eigenvalue weighted by Gasteiger charge is 2.29. The van der Waals surface area contributed by atoms with E-state index < -0.39 is 11.6 Å². The summed E-state index contributed by atoms with van der Waals surface area (Å²) in [4.78, 5) is 0. The first kappa shape index (κ1) is 15.7. The van der Waals surface area contributed by atoms with Gasteiger partial charge in [0.15, 0.2) is 11.6 Å². The van der Waals surface area contributed by atoms with Gasteiger partial charge in [-0.3, -0.25) is 0 Å². The van der Waals surface area contributed by atoms with Gasteiger partial charge in [0.1, 0.15) is 0 Å². The van der Waals surface area contributed by atoms with Crippen LogP contribution in [0.3, 0.4) is 0 Å². The predicted octanol–water partition coefficient (Wildman–Crippen LogP) is 5.91. The molecular formula is C21H20F2. The Morgan fingerprint density at radius 2 is 1.61 bits per heavy atom. The molecule has 23 heavy (non-hydrogen) atoms. The topological polar surface area (TPSA) is 0 Å². The lowest BCUT2D eigenvalue weighted by atomic mass is 9.72. The summed E-state index contributed by atoms with van der Waals surface area (Å²) in [5.74, 6) is -1.77. The van der Waals surface area contributed by atoms with Crippen molar-refractivity contribution in [2.45, 2.75) is 31.1 Å². The van der Waals surface area contributed by atoms with Crippen LogP contribution < -0.4 is 0 Å². The number of hydrogen-bond donors (Lipinski definition) is 0. The Hall–Kier alpha value is -2.22. The molecule has 0 bridgehead atoms. The summed E-state index contributed by atoms with van der Waals surface area (Å²) in [6, 6.07) is 14.7. The van der Waals surface area contributed by atoms with Crippen LogP contribution in [0.4, 0.5) is 8.78 Å². The van der Waals surface area contributed by atoms with Crippen molar-refractivity contribution >= 4 is 0 Å². The summed E-state index contributed by atoms with van der Waals surface area (Å²) in [7, 11) is 0. The van der Waals surface area contributed by atoms with E-state index in [-0.39, 0.29) is 11.3 Å². The van der Waals surface area contributed by atoms with Gasteiger partial charge in [-0.2, -0.15) is 0 Å². The Labute approximate surface area is 136 Å². The smallest absolute Gasteiger partial charge is 0.162 e. The van der Waals surface area contributed by atoms with E-state index in [2.05, 4.69) is 31.2 Å². The van der Waals surface area contributed by atoms with Crippen molar-refractivity contribution in [1.82, 2.24) is 0 Å². The summed E-state index contributed by atoms with van der Waals surface area (Å²) in [5.41, 5.74) is 1.46. The lowest BCUT2D eigenvalue weighted by molar-refractivity contribution is 0.497. The standard InChI is InChI=1S/C21H20F2/c1-2-13-21(17-7-4-3-5-8-17)14-11-16(12-15-21)18-9-6-10-19(22)20(18)23/h3-12,14-16H,2,13H2,1H3. The van der Waals surface area contributed by atoms with Gasteiger partial charge in [0, 0.05) is 16.9 Å². The molecule has 0 radical (unpaired) electrons. The van der Waals surface area contributed by atoms with Crippen molar-refractivity contribution in [3.8, 4) is 0 Å². The number of rotatable bonds is 4. The maximum Gasteiger partial charge on any atom is 0.162 e. The van der Waals surface area contributed by atoms with E-state index in [1.54, 1.807) is 12.1 Å². The van der Waals surface area contributed by atoms with Crippen LogP contribution >= 0.6 is 0 Å². The Bertz CT molecular complexity index is 715. The number of halogens is 2. The minimum absolute atomic E-state index is 0.156. The minimum atomic E-state index is -0.794. The Kier molecular flexibility index (Phi) is 4.42. The molecule has 2 aromatic carbocycles. The average molecular weight is 310 g/mol. The van der Waals surface area contributed by atoms with Gasteiger partial charge < -0.3 is 0 Å². The molecule has 0 unspecified atom stereocenters. The van der Waals surface area contributed by atoms with Crippen molar-refractivity contribution in [2.24, 2.45) is 0 Å². The van der Waals surface area contributed by atoms with Crippen LogP contribution in [0.5, 0.6) is 0 Å². The Morgan fingerprint density at radius 3 is 2.26 bits per heavy atom. The van der Waals surface area contributed by atoms with E-state index >= 15 is 0 Å². The molecule has 1 aliphatic rings. The summed E-state index contributed by atoms with van der Waals surface area (Å²) in [6.07, 6.45) is 10.3. The molecule has 0 aromatic heterocycles. The van der Waals surface area contributed by atoms with Gasteiger partial charge in [-0.15, -0.1) is 0 Å². The first-order chi connectivity index (χ1) is 11.2. The zero-order valence-corrected chi connectivity index (χ0v) is 13.2. The van der Waals surface area contributed by atoms with Crippen LogP contribution in [0.2, 0.25) is 0 Å². The predicted molar refractivity (Wildman–Crippen MR) is 90.4 cm³/mol. The molecule has 2 heteroatoms. The largest absolute Gasteiger partial charge is 0.204 e. The average Bonchev–Trinajstić information content (AvgIpc) is 2.59. The second kappa shape index (κ2) is 6.49. The van der Waals surface area contributed by atoms with E-state index in [9.17, 15) is 8.78 Å².